The number of hydrogen-bond donors (Lipinski definition) is 1. The van der Waals surface area contributed by atoms with Crippen molar-refractivity contribution in [1.29, 1.82) is 0 Å². The molecule has 3 aromatic carbocycles. The van der Waals surface area contributed by atoms with E-state index in [4.69, 9.17) is 18.9 Å². The van der Waals surface area contributed by atoms with Crippen LogP contribution in [0.5, 0.6) is 23.0 Å². The van der Waals surface area contributed by atoms with E-state index in [1.807, 2.05) is 12.1 Å². The van der Waals surface area contributed by atoms with Crippen LogP contribution in [0.1, 0.15) is 18.4 Å². The number of nitrogens with one attached hydrogen (secondary N) is 1. The third-order valence-electron chi connectivity index (χ3n) is 6.95. The molecule has 6 rings (SSSR count). The Morgan fingerprint density at radius 3 is 2.62 bits per heavy atom. The van der Waals surface area contributed by atoms with Crippen molar-refractivity contribution in [3.8, 4) is 34.3 Å². The Bertz CT molecular complexity index is 1610. The van der Waals surface area contributed by atoms with E-state index in [2.05, 4.69) is 34.3 Å². The Morgan fingerprint density at radius 1 is 1.10 bits per heavy atom. The van der Waals surface area contributed by atoms with Gasteiger partial charge in [0.05, 0.1) is 29.6 Å². The molecule has 11 heteroatoms. The van der Waals surface area contributed by atoms with E-state index < -0.39 is 4.92 Å². The van der Waals surface area contributed by atoms with Gasteiger partial charge in [0.2, 0.25) is 18.4 Å². The summed E-state index contributed by atoms with van der Waals surface area (Å²) in [4.78, 5) is 22.7. The van der Waals surface area contributed by atoms with Crippen LogP contribution in [-0.2, 0) is 17.8 Å². The molecule has 0 unspecified atom stereocenters. The van der Waals surface area contributed by atoms with E-state index in [-0.39, 0.29) is 41.8 Å². The highest BCUT2D eigenvalue weighted by molar-refractivity contribution is 5.92. The number of rotatable bonds is 8. The number of ether oxygens (including phenoxy) is 4. The van der Waals surface area contributed by atoms with Crippen molar-refractivity contribution in [2.24, 2.45) is 0 Å². The number of carbonyl (C=O) groups excluding carboxylic acids is 1. The molecule has 0 spiro atoms. The van der Waals surface area contributed by atoms with Gasteiger partial charge in [-0.3, -0.25) is 14.9 Å². The van der Waals surface area contributed by atoms with E-state index >= 15 is 0 Å². The van der Waals surface area contributed by atoms with Gasteiger partial charge < -0.3 is 41.2 Å². The normalized spacial score (nSPS) is 12.6. The molecule has 0 bridgehead atoms. The smallest absolute Gasteiger partial charge is 0.269 e. The Morgan fingerprint density at radius 2 is 1.88 bits per heavy atom. The maximum absolute atomic E-state index is 12.4. The van der Waals surface area contributed by atoms with Crippen LogP contribution in [0.4, 0.5) is 11.4 Å². The lowest BCUT2D eigenvalue weighted by molar-refractivity contribution is -0.686. The van der Waals surface area contributed by atoms with Gasteiger partial charge in [-0.15, -0.1) is 0 Å². The molecule has 0 radical (unpaired) electrons. The zero-order valence-electron chi connectivity index (χ0n) is 21.6. The molecule has 0 atom stereocenters. The number of hydrogen-bond acceptors (Lipinski definition) is 7. The van der Waals surface area contributed by atoms with Crippen LogP contribution in [-0.4, -0.2) is 31.3 Å². The van der Waals surface area contributed by atoms with Gasteiger partial charge >= 0.3 is 0 Å². The minimum absolute atomic E-state index is 0. The highest BCUT2D eigenvalue weighted by Crippen LogP contribution is 2.41. The molecular formula is C29H26BrN3O7. The molecule has 1 amide bonds. The second kappa shape index (κ2) is 11.4. The van der Waals surface area contributed by atoms with Crippen LogP contribution in [0, 0.1) is 10.1 Å². The Labute approximate surface area is 240 Å². The van der Waals surface area contributed by atoms with E-state index in [0.29, 0.717) is 30.2 Å². The summed E-state index contributed by atoms with van der Waals surface area (Å²) in [5.41, 5.74) is 3.94. The Hall–Kier alpha value is -4.38. The SMILES string of the molecule is COc1ccc2cc3[n+](cc2c1OCCCC(=O)Nc1ccc([N+](=O)[O-])cc1)CCc1cc2c(cc1-3)OCO2.[Br-]. The summed E-state index contributed by atoms with van der Waals surface area (Å²) >= 11 is 0. The Balaban J connectivity index is 0.00000323. The van der Waals surface area contributed by atoms with Crippen LogP contribution < -0.4 is 45.8 Å². The third kappa shape index (κ3) is 5.24. The average Bonchev–Trinajstić information content (AvgIpc) is 3.41. The second-order valence-electron chi connectivity index (χ2n) is 9.37. The van der Waals surface area contributed by atoms with Crippen LogP contribution in [0.25, 0.3) is 22.0 Å². The molecule has 1 N–H and O–H groups in total. The third-order valence-corrected chi connectivity index (χ3v) is 6.95. The van der Waals surface area contributed by atoms with Crippen molar-refractivity contribution in [2.75, 3.05) is 25.8 Å². The fourth-order valence-corrected chi connectivity index (χ4v) is 5.00. The summed E-state index contributed by atoms with van der Waals surface area (Å²) in [6, 6.07) is 15.9. The van der Waals surface area contributed by atoms with Crippen LogP contribution in [0.15, 0.2) is 60.8 Å². The van der Waals surface area contributed by atoms with Gasteiger partial charge in [0.15, 0.2) is 35.7 Å². The number of aryl methyl sites for hydroxylation is 2. The van der Waals surface area contributed by atoms with Crippen molar-refractivity contribution in [1.82, 2.24) is 0 Å². The van der Waals surface area contributed by atoms with Crippen LogP contribution >= 0.6 is 0 Å². The number of methoxy groups -OCH3 is 1. The van der Waals surface area contributed by atoms with Crippen molar-refractivity contribution >= 4 is 28.1 Å². The zero-order chi connectivity index (χ0) is 26.9. The lowest BCUT2D eigenvalue weighted by Crippen LogP contribution is -3.00. The molecule has 40 heavy (non-hydrogen) atoms. The first-order valence-electron chi connectivity index (χ1n) is 12.6. The molecule has 0 saturated heterocycles. The van der Waals surface area contributed by atoms with Gasteiger partial charge in [0.1, 0.15) is 0 Å². The van der Waals surface area contributed by atoms with E-state index in [9.17, 15) is 14.9 Å². The number of amides is 1. The van der Waals surface area contributed by atoms with Crippen LogP contribution in [0.2, 0.25) is 0 Å². The van der Waals surface area contributed by atoms with Crippen molar-refractivity contribution in [2.45, 2.75) is 25.8 Å². The number of non-ortho nitro benzene ring substituents is 1. The minimum atomic E-state index is -0.479. The number of nitro groups is 1. The standard InChI is InChI=1S/C29H25N3O7.BrH/c1-36-25-9-4-18-13-24-22-15-27-26(38-17-39-27)14-19(22)10-11-31(24)16-23(18)29(25)37-12-2-3-28(33)30-20-5-7-21(8-6-20)32(34)35;/h4-9,13-16H,2-3,10-12,17H2,1H3;1H. The molecule has 1 aromatic heterocycles. The number of nitrogens with zero attached hydrogens (tertiary/aromatic N) is 2. The van der Waals surface area contributed by atoms with Gasteiger partial charge in [0.25, 0.3) is 5.69 Å². The molecule has 0 fully saturated rings. The molecular weight excluding hydrogens is 582 g/mol. The molecule has 206 valence electrons. The van der Waals surface area contributed by atoms with E-state index in [1.165, 1.54) is 29.8 Å². The predicted molar refractivity (Wildman–Crippen MR) is 142 cm³/mol. The minimum Gasteiger partial charge on any atom is -1.00 e. The second-order valence-corrected chi connectivity index (χ2v) is 9.37. The van der Waals surface area contributed by atoms with Crippen LogP contribution in [0.3, 0.4) is 0 Å². The Kier molecular flexibility index (Phi) is 7.74. The van der Waals surface area contributed by atoms with Crippen molar-refractivity contribution in [3.05, 3.63) is 76.5 Å². The topological polar surface area (TPSA) is 113 Å². The predicted octanol–water partition coefficient (Wildman–Crippen LogP) is 1.80. The number of nitro benzene ring substituents is 1. The number of aromatic nitrogens is 1. The summed E-state index contributed by atoms with van der Waals surface area (Å²) in [7, 11) is 1.61. The summed E-state index contributed by atoms with van der Waals surface area (Å²) in [5.74, 6) is 2.63. The average molecular weight is 608 g/mol. The number of pyridine rings is 1. The lowest BCUT2D eigenvalue weighted by atomic mass is 9.95. The molecule has 0 aliphatic carbocycles. The summed E-state index contributed by atoms with van der Waals surface area (Å²) < 4.78 is 25.2. The fourth-order valence-electron chi connectivity index (χ4n) is 5.00. The molecule has 10 nitrogen and oxygen atoms in total. The molecule has 2 aliphatic heterocycles. The van der Waals surface area contributed by atoms with Crippen molar-refractivity contribution < 1.29 is 50.2 Å². The molecule has 3 heterocycles. The maximum Gasteiger partial charge on any atom is 0.269 e. The number of benzene rings is 3. The maximum atomic E-state index is 12.4. The van der Waals surface area contributed by atoms with Crippen molar-refractivity contribution in [3.63, 3.8) is 0 Å². The molecule has 4 aromatic rings. The highest BCUT2D eigenvalue weighted by Gasteiger charge is 2.28. The fraction of sp³-hybridized carbons (Fsp3) is 0.241. The first-order valence-corrected chi connectivity index (χ1v) is 12.6. The number of carbonyl (C=O) groups is 1. The number of fused-ring (bicyclic) bond motifs is 5. The number of halogens is 1. The summed E-state index contributed by atoms with van der Waals surface area (Å²) in [6.45, 7) is 1.38. The van der Waals surface area contributed by atoms with Gasteiger partial charge in [0, 0.05) is 36.7 Å². The van der Waals surface area contributed by atoms with E-state index in [0.717, 1.165) is 46.5 Å². The van der Waals surface area contributed by atoms with Gasteiger partial charge in [-0.25, -0.2) is 0 Å². The first-order chi connectivity index (χ1) is 19.0. The quantitative estimate of drug-likeness (QED) is 0.141. The van der Waals surface area contributed by atoms with Gasteiger partial charge in [-0.2, -0.15) is 4.57 Å². The molecule has 0 saturated carbocycles. The highest BCUT2D eigenvalue weighted by atomic mass is 79.9. The summed E-state index contributed by atoms with van der Waals surface area (Å²) in [5, 5.41) is 15.5. The molecule has 2 aliphatic rings. The zero-order valence-corrected chi connectivity index (χ0v) is 23.2. The summed E-state index contributed by atoms with van der Waals surface area (Å²) in [6.07, 6.45) is 3.69. The lowest BCUT2D eigenvalue weighted by Gasteiger charge is -2.18. The monoisotopic (exact) mass is 607 g/mol. The largest absolute Gasteiger partial charge is 1.00 e. The van der Waals surface area contributed by atoms with Gasteiger partial charge in [-0.1, -0.05) is 0 Å². The first kappa shape index (κ1) is 27.2. The van der Waals surface area contributed by atoms with E-state index in [1.54, 1.807) is 7.11 Å². The van der Waals surface area contributed by atoms with Gasteiger partial charge in [-0.05, 0) is 53.8 Å². The number of anilines is 1.